The van der Waals surface area contributed by atoms with Crippen LogP contribution in [-0.4, -0.2) is 12.6 Å². The van der Waals surface area contributed by atoms with Gasteiger partial charge in [0.15, 0.2) is 0 Å². The van der Waals surface area contributed by atoms with Gasteiger partial charge in [-0.25, -0.2) is 0 Å². The molecule has 2 heterocycles. The molecule has 4 aliphatic rings. The zero-order chi connectivity index (χ0) is 6.55. The highest BCUT2D eigenvalue weighted by Crippen LogP contribution is 2.47. The van der Waals surface area contributed by atoms with Gasteiger partial charge < -0.3 is 5.32 Å². The van der Waals surface area contributed by atoms with E-state index in [-0.39, 0.29) is 0 Å². The van der Waals surface area contributed by atoms with Crippen molar-refractivity contribution in [1.29, 1.82) is 0 Å². The van der Waals surface area contributed by atoms with Gasteiger partial charge in [0.2, 0.25) is 0 Å². The van der Waals surface area contributed by atoms with Crippen LogP contribution in [0.3, 0.4) is 0 Å². The Kier molecular flexibility index (Phi) is 0.984. The normalized spacial score (nSPS) is 57.6. The Morgan fingerprint density at radius 1 is 1.00 bits per heavy atom. The number of nitrogens with one attached hydrogen (secondary N) is 1. The van der Waals surface area contributed by atoms with Crippen molar-refractivity contribution in [2.75, 3.05) is 6.54 Å². The SMILES string of the molecule is C1NC2C3CCC2CC1C3. The van der Waals surface area contributed by atoms with Crippen molar-refractivity contribution in [3.8, 4) is 0 Å². The summed E-state index contributed by atoms with van der Waals surface area (Å²) in [4.78, 5) is 0. The van der Waals surface area contributed by atoms with Crippen molar-refractivity contribution in [2.24, 2.45) is 17.8 Å². The molecule has 1 N–H and O–H groups in total. The molecule has 2 unspecified atom stereocenters. The fourth-order valence-corrected chi connectivity index (χ4v) is 3.46. The second-order valence-electron chi connectivity index (χ2n) is 4.37. The number of rotatable bonds is 0. The Bertz CT molecular complexity index is 141. The molecule has 0 aromatic carbocycles. The maximum Gasteiger partial charge on any atom is 0.0124 e. The number of hydrogen-bond acceptors (Lipinski definition) is 1. The van der Waals surface area contributed by atoms with Crippen molar-refractivity contribution in [3.63, 3.8) is 0 Å². The lowest BCUT2D eigenvalue weighted by molar-refractivity contribution is 0.129. The Balaban J connectivity index is 1.94. The van der Waals surface area contributed by atoms with Gasteiger partial charge >= 0.3 is 0 Å². The Labute approximate surface area is 62.2 Å². The monoisotopic (exact) mass is 137 g/mol. The van der Waals surface area contributed by atoms with Gasteiger partial charge in [0, 0.05) is 6.04 Å². The molecule has 2 atom stereocenters. The van der Waals surface area contributed by atoms with Crippen LogP contribution in [0, 0.1) is 17.8 Å². The summed E-state index contributed by atoms with van der Waals surface area (Å²) in [7, 11) is 0. The molecule has 56 valence electrons. The summed E-state index contributed by atoms with van der Waals surface area (Å²) < 4.78 is 0. The minimum Gasteiger partial charge on any atom is -0.313 e. The van der Waals surface area contributed by atoms with E-state index in [1.807, 2.05) is 0 Å². The average molecular weight is 137 g/mol. The number of piperidine rings is 2. The van der Waals surface area contributed by atoms with Crippen LogP contribution in [0.2, 0.25) is 0 Å². The predicted molar refractivity (Wildman–Crippen MR) is 40.7 cm³/mol. The highest BCUT2D eigenvalue weighted by Gasteiger charge is 2.45. The molecule has 2 aliphatic heterocycles. The molecule has 4 rings (SSSR count). The molecule has 0 radical (unpaired) electrons. The first-order chi connectivity index (χ1) is 4.93. The molecule has 0 aromatic rings. The van der Waals surface area contributed by atoms with Gasteiger partial charge in [-0.2, -0.15) is 0 Å². The molecule has 1 nitrogen and oxygen atoms in total. The van der Waals surface area contributed by atoms with Crippen molar-refractivity contribution >= 4 is 0 Å². The van der Waals surface area contributed by atoms with E-state index in [1.54, 1.807) is 12.8 Å². The molecule has 1 heteroatoms. The fraction of sp³-hybridized carbons (Fsp3) is 1.00. The molecule has 4 fully saturated rings. The van der Waals surface area contributed by atoms with Gasteiger partial charge in [-0.1, -0.05) is 0 Å². The third-order valence-electron chi connectivity index (χ3n) is 3.84. The summed E-state index contributed by atoms with van der Waals surface area (Å²) in [6, 6.07) is 0.949. The minimum absolute atomic E-state index is 0.949. The van der Waals surface area contributed by atoms with E-state index in [1.165, 1.54) is 19.4 Å². The maximum atomic E-state index is 3.68. The Morgan fingerprint density at radius 3 is 2.20 bits per heavy atom. The maximum absolute atomic E-state index is 3.68. The van der Waals surface area contributed by atoms with E-state index in [4.69, 9.17) is 0 Å². The van der Waals surface area contributed by atoms with Crippen LogP contribution in [-0.2, 0) is 0 Å². The summed E-state index contributed by atoms with van der Waals surface area (Å²) in [5.74, 6) is 3.22. The van der Waals surface area contributed by atoms with E-state index in [0.717, 1.165) is 23.8 Å². The summed E-state index contributed by atoms with van der Waals surface area (Å²) in [6.07, 6.45) is 6.15. The second-order valence-corrected chi connectivity index (χ2v) is 4.37. The lowest BCUT2D eigenvalue weighted by Gasteiger charge is -2.42. The minimum atomic E-state index is 0.949. The summed E-state index contributed by atoms with van der Waals surface area (Å²) in [5, 5.41) is 3.68. The number of hydrogen-bond donors (Lipinski definition) is 1. The third kappa shape index (κ3) is 0.572. The van der Waals surface area contributed by atoms with Gasteiger partial charge in [-0.3, -0.25) is 0 Å². The molecule has 2 saturated carbocycles. The lowest BCUT2D eigenvalue weighted by Crippen LogP contribution is -2.51. The van der Waals surface area contributed by atoms with E-state index >= 15 is 0 Å². The highest BCUT2D eigenvalue weighted by atomic mass is 15.0. The molecular weight excluding hydrogens is 122 g/mol. The first-order valence-electron chi connectivity index (χ1n) is 4.67. The quantitative estimate of drug-likeness (QED) is 0.532. The van der Waals surface area contributed by atoms with Gasteiger partial charge in [-0.15, -0.1) is 0 Å². The molecule has 0 aromatic heterocycles. The average Bonchev–Trinajstić information content (AvgIpc) is 2.29. The standard InChI is InChI=1S/C9H15N/c1-2-8-4-6-3-7(1)9(8)10-5-6/h6-10H,1-5H2. The predicted octanol–water partition coefficient (Wildman–Crippen LogP) is 1.39. The summed E-state index contributed by atoms with van der Waals surface area (Å²) >= 11 is 0. The van der Waals surface area contributed by atoms with Gasteiger partial charge in [0.25, 0.3) is 0 Å². The molecule has 0 spiro atoms. The van der Waals surface area contributed by atoms with Gasteiger partial charge in [-0.05, 0) is 50.0 Å². The van der Waals surface area contributed by atoms with Crippen LogP contribution < -0.4 is 5.32 Å². The summed E-state index contributed by atoms with van der Waals surface area (Å²) in [6.45, 7) is 1.33. The Hall–Kier alpha value is -0.0400. The van der Waals surface area contributed by atoms with E-state index in [0.29, 0.717) is 0 Å². The molecule has 0 amide bonds. The highest BCUT2D eigenvalue weighted by molar-refractivity contribution is 5.00. The van der Waals surface area contributed by atoms with Crippen LogP contribution in [0.5, 0.6) is 0 Å². The van der Waals surface area contributed by atoms with Crippen molar-refractivity contribution in [1.82, 2.24) is 5.32 Å². The smallest absolute Gasteiger partial charge is 0.0124 e. The third-order valence-corrected chi connectivity index (χ3v) is 3.84. The van der Waals surface area contributed by atoms with E-state index < -0.39 is 0 Å². The fourth-order valence-electron chi connectivity index (χ4n) is 3.46. The van der Waals surface area contributed by atoms with Crippen LogP contribution in [0.25, 0.3) is 0 Å². The van der Waals surface area contributed by atoms with E-state index in [2.05, 4.69) is 5.32 Å². The Morgan fingerprint density at radius 2 is 1.70 bits per heavy atom. The first kappa shape index (κ1) is 5.59. The topological polar surface area (TPSA) is 12.0 Å². The van der Waals surface area contributed by atoms with Crippen molar-refractivity contribution in [3.05, 3.63) is 0 Å². The molecule has 2 aliphatic carbocycles. The van der Waals surface area contributed by atoms with Crippen LogP contribution in [0.1, 0.15) is 25.7 Å². The van der Waals surface area contributed by atoms with Crippen LogP contribution in [0.4, 0.5) is 0 Å². The van der Waals surface area contributed by atoms with Crippen LogP contribution >= 0.6 is 0 Å². The first-order valence-corrected chi connectivity index (χ1v) is 4.67. The van der Waals surface area contributed by atoms with Crippen molar-refractivity contribution in [2.45, 2.75) is 31.7 Å². The molecular formula is C9H15N. The van der Waals surface area contributed by atoms with Crippen molar-refractivity contribution < 1.29 is 0 Å². The zero-order valence-corrected chi connectivity index (χ0v) is 6.34. The van der Waals surface area contributed by atoms with Gasteiger partial charge in [0.1, 0.15) is 0 Å². The molecule has 10 heavy (non-hydrogen) atoms. The summed E-state index contributed by atoms with van der Waals surface area (Å²) in [5.41, 5.74) is 0. The zero-order valence-electron chi connectivity index (χ0n) is 6.34. The lowest BCUT2D eigenvalue weighted by atomic mass is 9.73. The largest absolute Gasteiger partial charge is 0.313 e. The molecule has 4 bridgehead atoms. The van der Waals surface area contributed by atoms with Gasteiger partial charge in [0.05, 0.1) is 0 Å². The second kappa shape index (κ2) is 1.76. The molecule has 2 saturated heterocycles. The number of fused-ring (bicyclic) bond motifs is 1. The van der Waals surface area contributed by atoms with E-state index in [9.17, 15) is 0 Å². The van der Waals surface area contributed by atoms with Crippen LogP contribution in [0.15, 0.2) is 0 Å².